The summed E-state index contributed by atoms with van der Waals surface area (Å²) < 4.78 is 15.4. The Morgan fingerprint density at radius 1 is 1.24 bits per heavy atom. The lowest BCUT2D eigenvalue weighted by Gasteiger charge is -2.21. The van der Waals surface area contributed by atoms with Crippen LogP contribution in [0.15, 0.2) is 23.1 Å². The summed E-state index contributed by atoms with van der Waals surface area (Å²) in [5, 5.41) is 0. The monoisotopic (exact) mass is 253 g/mol. The van der Waals surface area contributed by atoms with Gasteiger partial charge in [0.1, 0.15) is 11.0 Å². The highest BCUT2D eigenvalue weighted by Crippen LogP contribution is 2.23. The molecule has 1 rings (SSSR count). The van der Waals surface area contributed by atoms with Crippen LogP contribution in [0.5, 0.6) is 0 Å². The SMILES string of the molecule is Cc1ccc(S(=O)NC(C)(C)C)c(C(C)C)c1. The number of aryl methyl sites for hydroxylation is 1. The molecule has 1 atom stereocenters. The molecule has 2 nitrogen and oxygen atoms in total. The summed E-state index contributed by atoms with van der Waals surface area (Å²) in [5.74, 6) is 0.385. The van der Waals surface area contributed by atoms with E-state index >= 15 is 0 Å². The quantitative estimate of drug-likeness (QED) is 0.877. The summed E-state index contributed by atoms with van der Waals surface area (Å²) in [4.78, 5) is 0.903. The Bertz CT molecular complexity index is 419. The van der Waals surface area contributed by atoms with Gasteiger partial charge >= 0.3 is 0 Å². The molecule has 0 heterocycles. The molecule has 0 aliphatic heterocycles. The van der Waals surface area contributed by atoms with E-state index in [0.717, 1.165) is 4.90 Å². The van der Waals surface area contributed by atoms with Crippen LogP contribution >= 0.6 is 0 Å². The van der Waals surface area contributed by atoms with E-state index in [9.17, 15) is 4.21 Å². The first-order valence-electron chi connectivity index (χ1n) is 6.01. The van der Waals surface area contributed by atoms with Gasteiger partial charge in [-0.15, -0.1) is 0 Å². The van der Waals surface area contributed by atoms with Crippen LogP contribution in [-0.2, 0) is 11.0 Å². The first kappa shape index (κ1) is 14.4. The van der Waals surface area contributed by atoms with E-state index < -0.39 is 11.0 Å². The third kappa shape index (κ3) is 4.25. The van der Waals surface area contributed by atoms with E-state index in [4.69, 9.17) is 0 Å². The Balaban J connectivity index is 3.09. The highest BCUT2D eigenvalue weighted by atomic mass is 32.2. The standard InChI is InChI=1S/C14H23NOS/c1-10(2)12-9-11(3)7-8-13(12)17(16)15-14(4,5)6/h7-10,15H,1-6H3. The van der Waals surface area contributed by atoms with Gasteiger partial charge < -0.3 is 0 Å². The van der Waals surface area contributed by atoms with Gasteiger partial charge in [-0.3, -0.25) is 0 Å². The van der Waals surface area contributed by atoms with E-state index in [-0.39, 0.29) is 5.54 Å². The van der Waals surface area contributed by atoms with Crippen LogP contribution in [0, 0.1) is 6.92 Å². The Morgan fingerprint density at radius 3 is 2.29 bits per heavy atom. The molecule has 0 aromatic heterocycles. The number of hydrogen-bond acceptors (Lipinski definition) is 1. The lowest BCUT2D eigenvalue weighted by molar-refractivity contribution is 0.519. The van der Waals surface area contributed by atoms with Crippen molar-refractivity contribution in [3.8, 4) is 0 Å². The summed E-state index contributed by atoms with van der Waals surface area (Å²) in [6, 6.07) is 6.12. The minimum absolute atomic E-state index is 0.149. The fourth-order valence-corrected chi connectivity index (χ4v) is 2.99. The van der Waals surface area contributed by atoms with Crippen molar-refractivity contribution in [2.75, 3.05) is 0 Å². The normalized spacial score (nSPS) is 14.1. The summed E-state index contributed by atoms with van der Waals surface area (Å²) in [5.41, 5.74) is 2.23. The summed E-state index contributed by atoms with van der Waals surface area (Å²) >= 11 is 0. The molecule has 0 radical (unpaired) electrons. The Labute approximate surface area is 107 Å². The van der Waals surface area contributed by atoms with Crippen LogP contribution in [0.1, 0.15) is 51.7 Å². The zero-order chi connectivity index (χ0) is 13.2. The summed E-state index contributed by atoms with van der Waals surface area (Å²) in [7, 11) is -1.14. The molecule has 0 saturated heterocycles. The molecule has 1 aromatic carbocycles. The van der Waals surface area contributed by atoms with Gasteiger partial charge in [0, 0.05) is 5.54 Å². The Morgan fingerprint density at radius 2 is 1.82 bits per heavy atom. The molecule has 1 unspecified atom stereocenters. The fraction of sp³-hybridized carbons (Fsp3) is 0.571. The van der Waals surface area contributed by atoms with Gasteiger partial charge in [0.15, 0.2) is 0 Å². The topological polar surface area (TPSA) is 29.1 Å². The van der Waals surface area contributed by atoms with Crippen LogP contribution in [0.25, 0.3) is 0 Å². The highest BCUT2D eigenvalue weighted by molar-refractivity contribution is 7.83. The molecule has 0 bridgehead atoms. The van der Waals surface area contributed by atoms with Crippen LogP contribution in [0.4, 0.5) is 0 Å². The molecule has 3 heteroatoms. The Hall–Kier alpha value is -0.670. The molecular formula is C14H23NOS. The maximum Gasteiger partial charge on any atom is 0.125 e. The zero-order valence-electron chi connectivity index (χ0n) is 11.6. The van der Waals surface area contributed by atoms with E-state index in [1.54, 1.807) is 0 Å². The summed E-state index contributed by atoms with van der Waals surface area (Å²) in [6.07, 6.45) is 0. The molecule has 0 spiro atoms. The molecule has 1 aromatic rings. The van der Waals surface area contributed by atoms with Crippen LogP contribution in [-0.4, -0.2) is 9.75 Å². The van der Waals surface area contributed by atoms with Gasteiger partial charge in [0.2, 0.25) is 0 Å². The minimum Gasteiger partial charge on any atom is -0.237 e. The van der Waals surface area contributed by atoms with Crippen molar-refractivity contribution in [1.82, 2.24) is 4.72 Å². The third-order valence-corrected chi connectivity index (χ3v) is 3.95. The molecule has 1 N–H and O–H groups in total. The van der Waals surface area contributed by atoms with Gasteiger partial charge in [0.25, 0.3) is 0 Å². The molecule has 17 heavy (non-hydrogen) atoms. The van der Waals surface area contributed by atoms with E-state index in [1.165, 1.54) is 11.1 Å². The first-order chi connectivity index (χ1) is 7.70. The molecular weight excluding hydrogens is 230 g/mol. The van der Waals surface area contributed by atoms with Crippen molar-refractivity contribution in [3.05, 3.63) is 29.3 Å². The molecule has 0 aliphatic carbocycles. The second-order valence-electron chi connectivity index (χ2n) is 5.82. The minimum atomic E-state index is -1.14. The predicted octanol–water partition coefficient (Wildman–Crippen LogP) is 3.53. The average molecular weight is 253 g/mol. The van der Waals surface area contributed by atoms with Crippen molar-refractivity contribution < 1.29 is 4.21 Å². The van der Waals surface area contributed by atoms with E-state index in [2.05, 4.69) is 31.6 Å². The van der Waals surface area contributed by atoms with Crippen molar-refractivity contribution in [3.63, 3.8) is 0 Å². The van der Waals surface area contributed by atoms with Gasteiger partial charge in [-0.05, 0) is 45.2 Å². The van der Waals surface area contributed by atoms with Crippen LogP contribution < -0.4 is 4.72 Å². The van der Waals surface area contributed by atoms with Crippen molar-refractivity contribution in [2.24, 2.45) is 0 Å². The zero-order valence-corrected chi connectivity index (χ0v) is 12.4. The maximum absolute atomic E-state index is 12.3. The molecule has 0 aliphatic rings. The van der Waals surface area contributed by atoms with Crippen LogP contribution in [0.3, 0.4) is 0 Å². The maximum atomic E-state index is 12.3. The average Bonchev–Trinajstić information content (AvgIpc) is 2.14. The lowest BCUT2D eigenvalue weighted by Crippen LogP contribution is -2.37. The van der Waals surface area contributed by atoms with Gasteiger partial charge in [-0.25, -0.2) is 8.93 Å². The van der Waals surface area contributed by atoms with Gasteiger partial charge in [-0.1, -0.05) is 31.5 Å². The van der Waals surface area contributed by atoms with Crippen molar-refractivity contribution in [1.29, 1.82) is 0 Å². The number of rotatable bonds is 3. The predicted molar refractivity (Wildman–Crippen MR) is 74.6 cm³/mol. The van der Waals surface area contributed by atoms with E-state index in [1.807, 2.05) is 32.9 Å². The van der Waals surface area contributed by atoms with E-state index in [0.29, 0.717) is 5.92 Å². The van der Waals surface area contributed by atoms with Crippen LogP contribution in [0.2, 0.25) is 0 Å². The molecule has 96 valence electrons. The third-order valence-electron chi connectivity index (χ3n) is 2.39. The number of nitrogens with one attached hydrogen (secondary N) is 1. The van der Waals surface area contributed by atoms with Crippen molar-refractivity contribution >= 4 is 11.0 Å². The summed E-state index contributed by atoms with van der Waals surface area (Å²) in [6.45, 7) is 12.4. The highest BCUT2D eigenvalue weighted by Gasteiger charge is 2.18. The second kappa shape index (κ2) is 5.32. The fourth-order valence-electron chi connectivity index (χ4n) is 1.62. The van der Waals surface area contributed by atoms with Gasteiger partial charge in [0.05, 0.1) is 4.90 Å². The molecule has 0 saturated carbocycles. The lowest BCUT2D eigenvalue weighted by atomic mass is 10.0. The first-order valence-corrected chi connectivity index (χ1v) is 7.16. The molecule has 0 amide bonds. The number of hydrogen-bond donors (Lipinski definition) is 1. The largest absolute Gasteiger partial charge is 0.237 e. The van der Waals surface area contributed by atoms with Gasteiger partial charge in [-0.2, -0.15) is 0 Å². The molecule has 0 fully saturated rings. The van der Waals surface area contributed by atoms with Crippen molar-refractivity contribution in [2.45, 2.75) is 57.9 Å². The smallest absolute Gasteiger partial charge is 0.125 e. The number of benzene rings is 1. The second-order valence-corrected chi connectivity index (χ2v) is 7.00. The Kier molecular flexibility index (Phi) is 4.50.